The van der Waals surface area contributed by atoms with Gasteiger partial charge in [0.25, 0.3) is 5.56 Å². The number of pyridine rings is 1. The number of carbonyl (C=O) groups excluding carboxylic acids is 2. The topological polar surface area (TPSA) is 86.6 Å². The van der Waals surface area contributed by atoms with E-state index in [1.165, 1.54) is 10.6 Å². The molecular formula is C28H30N2O5. The second-order valence-electron chi connectivity index (χ2n) is 8.57. The first-order valence-electron chi connectivity index (χ1n) is 12.0. The molecule has 2 heterocycles. The van der Waals surface area contributed by atoms with E-state index < -0.39 is 11.6 Å². The number of nitrogens with zero attached hydrogens (tertiary/aromatic N) is 1. The Bertz CT molecular complexity index is 1250. The quantitative estimate of drug-likeness (QED) is 0.426. The molecule has 0 fully saturated rings. The van der Waals surface area contributed by atoms with Crippen molar-refractivity contribution in [2.75, 3.05) is 6.79 Å². The molecule has 0 bridgehead atoms. The lowest BCUT2D eigenvalue weighted by molar-refractivity contribution is -0.125. The third-order valence-electron chi connectivity index (χ3n) is 6.25. The molecule has 7 nitrogen and oxygen atoms in total. The monoisotopic (exact) mass is 474 g/mol. The minimum Gasteiger partial charge on any atom is -0.454 e. The van der Waals surface area contributed by atoms with Gasteiger partial charge in [0.05, 0.1) is 11.6 Å². The first-order valence-corrected chi connectivity index (χ1v) is 12.0. The van der Waals surface area contributed by atoms with Gasteiger partial charge in [-0.15, -0.1) is 0 Å². The van der Waals surface area contributed by atoms with Gasteiger partial charge >= 0.3 is 0 Å². The first-order chi connectivity index (χ1) is 17.0. The number of rotatable bonds is 10. The Labute approximate surface area is 204 Å². The summed E-state index contributed by atoms with van der Waals surface area (Å²) in [4.78, 5) is 39.9. The van der Waals surface area contributed by atoms with Crippen LogP contribution in [0.3, 0.4) is 0 Å². The van der Waals surface area contributed by atoms with Gasteiger partial charge < -0.3 is 19.4 Å². The van der Waals surface area contributed by atoms with Crippen LogP contribution in [0.4, 0.5) is 0 Å². The van der Waals surface area contributed by atoms with Gasteiger partial charge in [0.1, 0.15) is 6.04 Å². The Hall–Kier alpha value is -3.87. The third-order valence-corrected chi connectivity index (χ3v) is 6.25. The molecule has 35 heavy (non-hydrogen) atoms. The summed E-state index contributed by atoms with van der Waals surface area (Å²) >= 11 is 0. The molecule has 0 aliphatic carbocycles. The van der Waals surface area contributed by atoms with E-state index in [1.54, 1.807) is 36.5 Å². The zero-order valence-electron chi connectivity index (χ0n) is 20.0. The summed E-state index contributed by atoms with van der Waals surface area (Å²) in [6.45, 7) is 4.21. The molecule has 1 N–H and O–H groups in total. The van der Waals surface area contributed by atoms with Gasteiger partial charge in [0.2, 0.25) is 12.7 Å². The van der Waals surface area contributed by atoms with Crippen molar-refractivity contribution in [1.82, 2.24) is 9.88 Å². The molecule has 1 amide bonds. The van der Waals surface area contributed by atoms with E-state index in [4.69, 9.17) is 9.47 Å². The minimum atomic E-state index is -0.728. The summed E-state index contributed by atoms with van der Waals surface area (Å²) < 4.78 is 12.3. The van der Waals surface area contributed by atoms with E-state index in [1.807, 2.05) is 38.1 Å². The average molecular weight is 475 g/mol. The van der Waals surface area contributed by atoms with Crippen molar-refractivity contribution >= 4 is 11.7 Å². The number of unbranched alkanes of at least 4 members (excludes halogenated alkanes) is 1. The van der Waals surface area contributed by atoms with Crippen LogP contribution in [0.2, 0.25) is 0 Å². The predicted octanol–water partition coefficient (Wildman–Crippen LogP) is 4.81. The maximum absolute atomic E-state index is 13.5. The number of aromatic nitrogens is 1. The molecule has 1 aliphatic heterocycles. The number of amides is 1. The number of carbonyl (C=O) groups is 2. The highest BCUT2D eigenvalue weighted by atomic mass is 16.7. The largest absolute Gasteiger partial charge is 0.454 e. The van der Waals surface area contributed by atoms with E-state index in [0.29, 0.717) is 29.9 Å². The van der Waals surface area contributed by atoms with Crippen molar-refractivity contribution in [1.29, 1.82) is 0 Å². The van der Waals surface area contributed by atoms with Crippen molar-refractivity contribution in [3.8, 4) is 11.5 Å². The number of ketones is 1. The highest BCUT2D eigenvalue weighted by Gasteiger charge is 2.26. The van der Waals surface area contributed by atoms with Crippen LogP contribution in [0.15, 0.2) is 71.7 Å². The van der Waals surface area contributed by atoms with Gasteiger partial charge in [-0.1, -0.05) is 63.1 Å². The van der Waals surface area contributed by atoms with Crippen LogP contribution in [-0.4, -0.2) is 23.1 Å². The van der Waals surface area contributed by atoms with Gasteiger partial charge in [-0.25, -0.2) is 0 Å². The minimum absolute atomic E-state index is 0.0517. The van der Waals surface area contributed by atoms with Gasteiger partial charge in [-0.05, 0) is 42.7 Å². The Morgan fingerprint density at radius 1 is 1.00 bits per heavy atom. The van der Waals surface area contributed by atoms with Crippen molar-refractivity contribution in [3.05, 3.63) is 93.9 Å². The predicted molar refractivity (Wildman–Crippen MR) is 133 cm³/mol. The molecule has 0 radical (unpaired) electrons. The van der Waals surface area contributed by atoms with Crippen molar-refractivity contribution < 1.29 is 19.1 Å². The lowest BCUT2D eigenvalue weighted by atomic mass is 10.0. The SMILES string of the molecule is CCCC[C@@H](C(=O)N[C@@H](CC)c1ccc2c(c1)OCO2)n1cccc(C(=O)c2ccccc2)c1=O. The molecule has 182 valence electrons. The lowest BCUT2D eigenvalue weighted by Crippen LogP contribution is -2.40. The van der Waals surface area contributed by atoms with E-state index in [0.717, 1.165) is 18.4 Å². The number of nitrogens with one attached hydrogen (secondary N) is 1. The van der Waals surface area contributed by atoms with Gasteiger partial charge in [0, 0.05) is 11.8 Å². The van der Waals surface area contributed by atoms with Gasteiger partial charge in [0.15, 0.2) is 17.3 Å². The van der Waals surface area contributed by atoms with Gasteiger partial charge in [-0.2, -0.15) is 0 Å². The molecule has 3 aromatic rings. The molecule has 1 aromatic heterocycles. The number of hydrogen-bond acceptors (Lipinski definition) is 5. The highest BCUT2D eigenvalue weighted by Crippen LogP contribution is 2.35. The normalized spacial score (nSPS) is 13.8. The van der Waals surface area contributed by atoms with Crippen molar-refractivity contribution in [2.45, 2.75) is 51.6 Å². The molecule has 1 aliphatic rings. The van der Waals surface area contributed by atoms with Crippen LogP contribution < -0.4 is 20.3 Å². The molecule has 4 rings (SSSR count). The van der Waals surface area contributed by atoms with Crippen molar-refractivity contribution in [2.24, 2.45) is 0 Å². The van der Waals surface area contributed by atoms with Crippen LogP contribution in [0.1, 0.15) is 73.1 Å². The third kappa shape index (κ3) is 5.29. The highest BCUT2D eigenvalue weighted by molar-refractivity contribution is 6.08. The fraction of sp³-hybridized carbons (Fsp3) is 0.321. The smallest absolute Gasteiger partial charge is 0.262 e. The van der Waals surface area contributed by atoms with Crippen molar-refractivity contribution in [3.63, 3.8) is 0 Å². The Morgan fingerprint density at radius 2 is 1.77 bits per heavy atom. The molecule has 2 atom stereocenters. The first kappa shape index (κ1) is 24.3. The summed E-state index contributed by atoms with van der Waals surface area (Å²) in [5.74, 6) is 0.726. The van der Waals surface area contributed by atoms with Crippen LogP contribution in [0, 0.1) is 0 Å². The fourth-order valence-corrected chi connectivity index (χ4v) is 4.29. The Kier molecular flexibility index (Phi) is 7.65. The zero-order chi connectivity index (χ0) is 24.8. The molecular weight excluding hydrogens is 444 g/mol. The zero-order valence-corrected chi connectivity index (χ0v) is 20.0. The van der Waals surface area contributed by atoms with Crippen LogP contribution in [0.25, 0.3) is 0 Å². The summed E-state index contributed by atoms with van der Waals surface area (Å²) in [6.07, 6.45) is 4.38. The lowest BCUT2D eigenvalue weighted by Gasteiger charge is -2.24. The van der Waals surface area contributed by atoms with E-state index in [-0.39, 0.29) is 30.1 Å². The fourth-order valence-electron chi connectivity index (χ4n) is 4.29. The van der Waals surface area contributed by atoms with Crippen LogP contribution in [-0.2, 0) is 4.79 Å². The Morgan fingerprint density at radius 3 is 2.51 bits per heavy atom. The van der Waals surface area contributed by atoms with Gasteiger partial charge in [-0.3, -0.25) is 14.4 Å². The number of hydrogen-bond donors (Lipinski definition) is 1. The summed E-state index contributed by atoms with van der Waals surface area (Å²) in [5.41, 5.74) is 0.926. The number of ether oxygens (including phenoxy) is 2. The van der Waals surface area contributed by atoms with E-state index in [2.05, 4.69) is 5.32 Å². The molecule has 0 saturated carbocycles. The summed E-state index contributed by atoms with van der Waals surface area (Å²) in [5, 5.41) is 3.11. The maximum Gasteiger partial charge on any atom is 0.262 e. The number of benzene rings is 2. The molecule has 7 heteroatoms. The van der Waals surface area contributed by atoms with Crippen LogP contribution >= 0.6 is 0 Å². The standard InChI is InChI=1S/C28H30N2O5/c1-3-5-13-23(27(32)29-22(4-2)20-14-15-24-25(17-20)35-18-34-24)30-16-9-12-21(28(30)33)26(31)19-10-7-6-8-11-19/h6-12,14-17,22-23H,3-5,13,18H2,1-2H3,(H,29,32)/t22-,23-/m0/s1. The molecule has 0 unspecified atom stereocenters. The molecule has 0 spiro atoms. The van der Waals surface area contributed by atoms with E-state index in [9.17, 15) is 14.4 Å². The maximum atomic E-state index is 13.5. The van der Waals surface area contributed by atoms with E-state index >= 15 is 0 Å². The summed E-state index contributed by atoms with van der Waals surface area (Å²) in [6, 6.07) is 16.5. The van der Waals surface area contributed by atoms with Crippen LogP contribution in [0.5, 0.6) is 11.5 Å². The second kappa shape index (κ2) is 11.0. The number of fused-ring (bicyclic) bond motifs is 1. The second-order valence-corrected chi connectivity index (χ2v) is 8.57. The average Bonchev–Trinajstić information content (AvgIpc) is 3.36. The molecule has 0 saturated heterocycles. The molecule has 2 aromatic carbocycles. The Balaban J connectivity index is 1.62. The summed E-state index contributed by atoms with van der Waals surface area (Å²) in [7, 11) is 0.